The molecule has 0 aliphatic carbocycles. The third kappa shape index (κ3) is 2.91. The van der Waals surface area contributed by atoms with Crippen molar-refractivity contribution in [2.45, 2.75) is 6.42 Å². The molecule has 0 aromatic heterocycles. The third-order valence-corrected chi connectivity index (χ3v) is 2.99. The lowest BCUT2D eigenvalue weighted by Gasteiger charge is -2.06. The Kier molecular flexibility index (Phi) is 3.54. The van der Waals surface area contributed by atoms with Crippen LogP contribution in [0.25, 0.3) is 0 Å². The molecular weight excluding hydrogens is 256 g/mol. The minimum atomic E-state index is 0.0360. The number of hydrogen-bond donors (Lipinski definition) is 0. The van der Waals surface area contributed by atoms with Crippen LogP contribution in [-0.4, -0.2) is 19.2 Å². The van der Waals surface area contributed by atoms with Crippen molar-refractivity contribution < 1.29 is 19.0 Å². The quantitative estimate of drug-likeness (QED) is 0.837. The molecule has 1 aliphatic heterocycles. The van der Waals surface area contributed by atoms with Gasteiger partial charge in [0.25, 0.3) is 0 Å². The van der Waals surface area contributed by atoms with Gasteiger partial charge in [-0.25, -0.2) is 0 Å². The van der Waals surface area contributed by atoms with Crippen LogP contribution >= 0.6 is 0 Å². The molecule has 0 fully saturated rings. The molecule has 0 amide bonds. The van der Waals surface area contributed by atoms with E-state index >= 15 is 0 Å². The SMILES string of the molecule is O=C(COc1ccc2c(c1)OCO2)Cc1ccccc1. The maximum Gasteiger partial charge on any atom is 0.231 e. The van der Waals surface area contributed by atoms with Gasteiger partial charge in [0.2, 0.25) is 6.79 Å². The summed E-state index contributed by atoms with van der Waals surface area (Å²) >= 11 is 0. The molecule has 0 N–H and O–H groups in total. The van der Waals surface area contributed by atoms with E-state index in [0.717, 1.165) is 5.56 Å². The first-order chi connectivity index (χ1) is 9.81. The molecule has 20 heavy (non-hydrogen) atoms. The normalized spacial score (nSPS) is 12.2. The molecule has 0 saturated carbocycles. The fraction of sp³-hybridized carbons (Fsp3) is 0.188. The first-order valence-corrected chi connectivity index (χ1v) is 6.39. The zero-order valence-corrected chi connectivity index (χ0v) is 10.9. The van der Waals surface area contributed by atoms with E-state index in [1.807, 2.05) is 30.3 Å². The van der Waals surface area contributed by atoms with Crippen molar-refractivity contribution in [3.63, 3.8) is 0 Å². The number of ketones is 1. The minimum Gasteiger partial charge on any atom is -0.486 e. The summed E-state index contributed by atoms with van der Waals surface area (Å²) in [7, 11) is 0. The molecule has 2 aromatic carbocycles. The van der Waals surface area contributed by atoms with Gasteiger partial charge in [0.05, 0.1) is 0 Å². The Bertz CT molecular complexity index is 607. The van der Waals surface area contributed by atoms with Crippen molar-refractivity contribution >= 4 is 5.78 Å². The van der Waals surface area contributed by atoms with Gasteiger partial charge in [0.15, 0.2) is 17.3 Å². The smallest absolute Gasteiger partial charge is 0.231 e. The Morgan fingerprint density at radius 2 is 1.85 bits per heavy atom. The average Bonchev–Trinajstić information content (AvgIpc) is 2.93. The molecule has 3 rings (SSSR count). The summed E-state index contributed by atoms with van der Waals surface area (Å²) in [5.74, 6) is 2.00. The second-order valence-corrected chi connectivity index (χ2v) is 4.50. The van der Waals surface area contributed by atoms with E-state index in [4.69, 9.17) is 14.2 Å². The van der Waals surface area contributed by atoms with E-state index in [1.54, 1.807) is 18.2 Å². The number of benzene rings is 2. The van der Waals surface area contributed by atoms with Gasteiger partial charge in [-0.2, -0.15) is 0 Å². The molecular formula is C16H14O4. The lowest BCUT2D eigenvalue weighted by atomic mass is 10.1. The molecule has 4 heteroatoms. The zero-order valence-electron chi connectivity index (χ0n) is 10.9. The maximum absolute atomic E-state index is 11.8. The molecule has 1 aliphatic rings. The van der Waals surface area contributed by atoms with Gasteiger partial charge in [0.1, 0.15) is 12.4 Å². The molecule has 2 aromatic rings. The highest BCUT2D eigenvalue weighted by atomic mass is 16.7. The van der Waals surface area contributed by atoms with Crippen molar-refractivity contribution in [2.75, 3.05) is 13.4 Å². The zero-order chi connectivity index (χ0) is 13.8. The van der Waals surface area contributed by atoms with E-state index in [1.165, 1.54) is 0 Å². The number of rotatable bonds is 5. The highest BCUT2D eigenvalue weighted by Crippen LogP contribution is 2.35. The van der Waals surface area contributed by atoms with E-state index in [-0.39, 0.29) is 19.2 Å². The summed E-state index contributed by atoms with van der Waals surface area (Å²) in [5, 5.41) is 0. The lowest BCUT2D eigenvalue weighted by Crippen LogP contribution is -2.13. The summed E-state index contributed by atoms with van der Waals surface area (Å²) in [6.45, 7) is 0.278. The number of carbonyl (C=O) groups is 1. The van der Waals surface area contributed by atoms with Crippen molar-refractivity contribution in [1.29, 1.82) is 0 Å². The van der Waals surface area contributed by atoms with Gasteiger partial charge in [-0.1, -0.05) is 30.3 Å². The Hall–Kier alpha value is -2.49. The monoisotopic (exact) mass is 270 g/mol. The van der Waals surface area contributed by atoms with Crippen LogP contribution in [0.5, 0.6) is 17.2 Å². The second-order valence-electron chi connectivity index (χ2n) is 4.50. The summed E-state index contributed by atoms with van der Waals surface area (Å²) in [6, 6.07) is 14.9. The minimum absolute atomic E-state index is 0.0360. The van der Waals surface area contributed by atoms with Crippen LogP contribution in [0, 0.1) is 0 Å². The van der Waals surface area contributed by atoms with Crippen LogP contribution < -0.4 is 14.2 Å². The van der Waals surface area contributed by atoms with Gasteiger partial charge < -0.3 is 14.2 Å². The molecule has 102 valence electrons. The third-order valence-electron chi connectivity index (χ3n) is 2.99. The van der Waals surface area contributed by atoms with Crippen LogP contribution in [0.1, 0.15) is 5.56 Å². The fourth-order valence-electron chi connectivity index (χ4n) is 2.01. The first kappa shape index (κ1) is 12.5. The topological polar surface area (TPSA) is 44.8 Å². The van der Waals surface area contributed by atoms with Gasteiger partial charge in [-0.05, 0) is 17.7 Å². The molecule has 1 heterocycles. The average molecular weight is 270 g/mol. The van der Waals surface area contributed by atoms with Gasteiger partial charge in [-0.15, -0.1) is 0 Å². The number of carbonyl (C=O) groups excluding carboxylic acids is 1. The van der Waals surface area contributed by atoms with E-state index in [2.05, 4.69) is 0 Å². The largest absolute Gasteiger partial charge is 0.486 e. The molecule has 0 atom stereocenters. The van der Waals surface area contributed by atoms with Gasteiger partial charge in [0, 0.05) is 12.5 Å². The van der Waals surface area contributed by atoms with Crippen LogP contribution in [0.4, 0.5) is 0 Å². The molecule has 0 saturated heterocycles. The van der Waals surface area contributed by atoms with Gasteiger partial charge in [-0.3, -0.25) is 4.79 Å². The molecule has 0 radical (unpaired) electrons. The van der Waals surface area contributed by atoms with Crippen LogP contribution in [0.2, 0.25) is 0 Å². The highest BCUT2D eigenvalue weighted by Gasteiger charge is 2.14. The summed E-state index contributed by atoms with van der Waals surface area (Å²) in [5.41, 5.74) is 0.992. The number of fused-ring (bicyclic) bond motifs is 1. The van der Waals surface area contributed by atoms with Crippen molar-refractivity contribution in [3.05, 3.63) is 54.1 Å². The summed E-state index contributed by atoms with van der Waals surface area (Å²) in [4.78, 5) is 11.8. The van der Waals surface area contributed by atoms with E-state index in [9.17, 15) is 4.79 Å². The standard InChI is InChI=1S/C16H14O4/c17-13(8-12-4-2-1-3-5-12)10-18-14-6-7-15-16(9-14)20-11-19-15/h1-7,9H,8,10-11H2. The number of Topliss-reactive ketones (excluding diaryl/α,β-unsaturated/α-hetero) is 1. The van der Waals surface area contributed by atoms with Crippen LogP contribution in [0.3, 0.4) is 0 Å². The predicted octanol–water partition coefficient (Wildman–Crippen LogP) is 2.61. The molecule has 0 bridgehead atoms. The lowest BCUT2D eigenvalue weighted by molar-refractivity contribution is -0.120. The number of hydrogen-bond acceptors (Lipinski definition) is 4. The van der Waals surface area contributed by atoms with Crippen LogP contribution in [-0.2, 0) is 11.2 Å². The molecule has 0 spiro atoms. The first-order valence-electron chi connectivity index (χ1n) is 6.39. The summed E-state index contributed by atoms with van der Waals surface area (Å²) in [6.07, 6.45) is 0.380. The van der Waals surface area contributed by atoms with Crippen molar-refractivity contribution in [1.82, 2.24) is 0 Å². The number of ether oxygens (including phenoxy) is 3. The Balaban J connectivity index is 1.55. The second kappa shape index (κ2) is 5.65. The Labute approximate surface area is 116 Å². The Morgan fingerprint density at radius 1 is 1.05 bits per heavy atom. The van der Waals surface area contributed by atoms with E-state index in [0.29, 0.717) is 23.7 Å². The molecule has 0 unspecified atom stereocenters. The highest BCUT2D eigenvalue weighted by molar-refractivity contribution is 5.82. The van der Waals surface area contributed by atoms with Crippen molar-refractivity contribution in [3.8, 4) is 17.2 Å². The fourth-order valence-corrected chi connectivity index (χ4v) is 2.01. The van der Waals surface area contributed by atoms with Crippen LogP contribution in [0.15, 0.2) is 48.5 Å². The predicted molar refractivity (Wildman–Crippen MR) is 73.2 cm³/mol. The molecule has 4 nitrogen and oxygen atoms in total. The summed E-state index contributed by atoms with van der Waals surface area (Å²) < 4.78 is 15.9. The Morgan fingerprint density at radius 3 is 2.70 bits per heavy atom. The maximum atomic E-state index is 11.8. The van der Waals surface area contributed by atoms with Crippen molar-refractivity contribution in [2.24, 2.45) is 0 Å². The van der Waals surface area contributed by atoms with E-state index < -0.39 is 0 Å². The van der Waals surface area contributed by atoms with Gasteiger partial charge >= 0.3 is 0 Å².